The second-order valence-corrected chi connectivity index (χ2v) is 8.01. The molecule has 1 amide bonds. The Labute approximate surface area is 165 Å². The summed E-state index contributed by atoms with van der Waals surface area (Å²) in [5.74, 6) is 1.27. The zero-order chi connectivity index (χ0) is 19.1. The smallest absolute Gasteiger partial charge is 0.226 e. The van der Waals surface area contributed by atoms with Gasteiger partial charge >= 0.3 is 0 Å². The third-order valence-electron chi connectivity index (χ3n) is 4.89. The van der Waals surface area contributed by atoms with Gasteiger partial charge in [0.25, 0.3) is 0 Å². The Morgan fingerprint density at radius 2 is 2.15 bits per heavy atom. The summed E-state index contributed by atoms with van der Waals surface area (Å²) in [7, 11) is 1.67. The normalized spacial score (nSPS) is 14.4. The quantitative estimate of drug-likeness (QED) is 0.646. The fourth-order valence-corrected chi connectivity index (χ4v) is 4.13. The number of aromatic nitrogens is 1. The lowest BCUT2D eigenvalue weighted by atomic mass is 10.1. The molecule has 0 radical (unpaired) electrons. The van der Waals surface area contributed by atoms with E-state index in [0.29, 0.717) is 26.3 Å². The average molecular weight is 389 g/mol. The first kappa shape index (κ1) is 19.8. The van der Waals surface area contributed by atoms with Gasteiger partial charge in [-0.3, -0.25) is 4.79 Å². The molecule has 0 saturated heterocycles. The monoisotopic (exact) mass is 388 g/mol. The van der Waals surface area contributed by atoms with Crippen LogP contribution in [0.5, 0.6) is 5.75 Å². The number of thiazole rings is 1. The van der Waals surface area contributed by atoms with Crippen molar-refractivity contribution in [2.24, 2.45) is 5.92 Å². The van der Waals surface area contributed by atoms with Crippen molar-refractivity contribution in [3.63, 3.8) is 0 Å². The summed E-state index contributed by atoms with van der Waals surface area (Å²) >= 11 is 1.58. The highest BCUT2D eigenvalue weighted by atomic mass is 32.1. The van der Waals surface area contributed by atoms with Crippen molar-refractivity contribution < 1.29 is 14.3 Å². The molecule has 3 rings (SSSR count). The van der Waals surface area contributed by atoms with E-state index in [9.17, 15) is 4.79 Å². The molecule has 1 saturated carbocycles. The standard InChI is InChI=1S/C21H28N2O3S/c1-16-6-5-9-19(12-16)26-14-20-22-18(15-27-20)13-23(10-11-25-2)21(24)17-7-3-4-8-17/h5-6,9,12,15,17H,3-4,7-8,10-11,13-14H2,1-2H3. The molecule has 6 heteroatoms. The summed E-state index contributed by atoms with van der Waals surface area (Å²) in [5.41, 5.74) is 2.09. The van der Waals surface area contributed by atoms with Gasteiger partial charge in [0, 0.05) is 25.0 Å². The zero-order valence-corrected chi connectivity index (χ0v) is 17.0. The number of aryl methyl sites for hydroxylation is 1. The number of hydrogen-bond donors (Lipinski definition) is 0. The first-order valence-electron chi connectivity index (χ1n) is 9.56. The van der Waals surface area contributed by atoms with Crippen LogP contribution in [0.15, 0.2) is 29.6 Å². The van der Waals surface area contributed by atoms with Crippen molar-refractivity contribution in [3.05, 3.63) is 45.9 Å². The Balaban J connectivity index is 1.58. The molecular weight excluding hydrogens is 360 g/mol. The summed E-state index contributed by atoms with van der Waals surface area (Å²) in [4.78, 5) is 19.4. The lowest BCUT2D eigenvalue weighted by Gasteiger charge is -2.24. The molecule has 5 nitrogen and oxygen atoms in total. The number of benzene rings is 1. The summed E-state index contributed by atoms with van der Waals surface area (Å²) < 4.78 is 11.0. The van der Waals surface area contributed by atoms with Crippen LogP contribution in [0, 0.1) is 12.8 Å². The molecule has 0 unspecified atom stereocenters. The number of methoxy groups -OCH3 is 1. The Hall–Kier alpha value is -1.92. The Bertz CT molecular complexity index is 741. The van der Waals surface area contributed by atoms with Crippen LogP contribution in [-0.4, -0.2) is 36.1 Å². The highest BCUT2D eigenvalue weighted by Gasteiger charge is 2.27. The van der Waals surface area contributed by atoms with Crippen molar-refractivity contribution in [2.45, 2.75) is 45.8 Å². The predicted molar refractivity (Wildman–Crippen MR) is 107 cm³/mol. The van der Waals surface area contributed by atoms with E-state index in [4.69, 9.17) is 9.47 Å². The van der Waals surface area contributed by atoms with Crippen molar-refractivity contribution in [1.82, 2.24) is 9.88 Å². The van der Waals surface area contributed by atoms with Crippen molar-refractivity contribution >= 4 is 17.2 Å². The maximum atomic E-state index is 12.8. The molecule has 1 aliphatic rings. The summed E-state index contributed by atoms with van der Waals surface area (Å²) in [6.45, 7) is 4.19. The maximum absolute atomic E-state index is 12.8. The van der Waals surface area contributed by atoms with Gasteiger partial charge in [-0.1, -0.05) is 25.0 Å². The fourth-order valence-electron chi connectivity index (χ4n) is 3.43. The molecule has 0 bridgehead atoms. The third kappa shape index (κ3) is 5.78. The maximum Gasteiger partial charge on any atom is 0.226 e. The largest absolute Gasteiger partial charge is 0.486 e. The van der Waals surface area contributed by atoms with Crippen LogP contribution in [0.4, 0.5) is 0 Å². The second-order valence-electron chi connectivity index (χ2n) is 7.07. The molecule has 2 aromatic rings. The first-order valence-corrected chi connectivity index (χ1v) is 10.4. The van der Waals surface area contributed by atoms with Crippen LogP contribution in [-0.2, 0) is 22.7 Å². The molecule has 1 aliphatic carbocycles. The van der Waals surface area contributed by atoms with E-state index in [1.165, 1.54) is 5.56 Å². The summed E-state index contributed by atoms with van der Waals surface area (Å²) in [6.07, 6.45) is 4.33. The number of carbonyl (C=O) groups excluding carboxylic acids is 1. The van der Waals surface area contributed by atoms with Gasteiger partial charge < -0.3 is 14.4 Å². The predicted octanol–water partition coefficient (Wildman–Crippen LogP) is 4.20. The Morgan fingerprint density at radius 3 is 2.89 bits per heavy atom. The molecule has 0 atom stereocenters. The van der Waals surface area contributed by atoms with Gasteiger partial charge in [-0.2, -0.15) is 0 Å². The van der Waals surface area contributed by atoms with Crippen LogP contribution in [0.1, 0.15) is 41.9 Å². The van der Waals surface area contributed by atoms with E-state index in [-0.39, 0.29) is 11.8 Å². The van der Waals surface area contributed by atoms with E-state index in [0.717, 1.165) is 42.1 Å². The minimum atomic E-state index is 0.171. The first-order chi connectivity index (χ1) is 13.2. The van der Waals surface area contributed by atoms with E-state index >= 15 is 0 Å². The number of carbonyl (C=O) groups is 1. The van der Waals surface area contributed by atoms with Crippen molar-refractivity contribution in [1.29, 1.82) is 0 Å². The van der Waals surface area contributed by atoms with Gasteiger partial charge in [0.05, 0.1) is 18.8 Å². The number of ether oxygens (including phenoxy) is 2. The molecular formula is C21H28N2O3S. The molecule has 1 aromatic carbocycles. The third-order valence-corrected chi connectivity index (χ3v) is 5.76. The lowest BCUT2D eigenvalue weighted by Crippen LogP contribution is -2.37. The Kier molecular flexibility index (Phi) is 7.24. The molecule has 0 spiro atoms. The van der Waals surface area contributed by atoms with Gasteiger partial charge in [0.2, 0.25) is 5.91 Å². The van der Waals surface area contributed by atoms with E-state index in [1.807, 2.05) is 41.5 Å². The second kappa shape index (κ2) is 9.85. The van der Waals surface area contributed by atoms with Gasteiger partial charge in [-0.15, -0.1) is 11.3 Å². The number of hydrogen-bond acceptors (Lipinski definition) is 5. The molecule has 27 heavy (non-hydrogen) atoms. The van der Waals surface area contributed by atoms with Gasteiger partial charge in [-0.05, 0) is 37.5 Å². The fraction of sp³-hybridized carbons (Fsp3) is 0.524. The van der Waals surface area contributed by atoms with Gasteiger partial charge in [0.1, 0.15) is 17.4 Å². The van der Waals surface area contributed by atoms with Gasteiger partial charge in [-0.25, -0.2) is 4.98 Å². The molecule has 0 N–H and O–H groups in total. The van der Waals surface area contributed by atoms with Crippen LogP contribution in [0.3, 0.4) is 0 Å². The molecule has 1 fully saturated rings. The highest BCUT2D eigenvalue weighted by Crippen LogP contribution is 2.27. The molecule has 0 aliphatic heterocycles. The molecule has 146 valence electrons. The Morgan fingerprint density at radius 1 is 1.33 bits per heavy atom. The zero-order valence-electron chi connectivity index (χ0n) is 16.1. The number of nitrogens with zero attached hydrogens (tertiary/aromatic N) is 2. The van der Waals surface area contributed by atoms with Crippen LogP contribution < -0.4 is 4.74 Å². The lowest BCUT2D eigenvalue weighted by molar-refractivity contribution is -0.136. The molecule has 1 aromatic heterocycles. The van der Waals surface area contributed by atoms with Crippen LogP contribution in [0.25, 0.3) is 0 Å². The number of amides is 1. The van der Waals surface area contributed by atoms with Gasteiger partial charge in [0.15, 0.2) is 0 Å². The van der Waals surface area contributed by atoms with Crippen LogP contribution in [0.2, 0.25) is 0 Å². The number of rotatable bonds is 9. The highest BCUT2D eigenvalue weighted by molar-refractivity contribution is 7.09. The topological polar surface area (TPSA) is 51.7 Å². The van der Waals surface area contributed by atoms with Crippen molar-refractivity contribution in [2.75, 3.05) is 20.3 Å². The van der Waals surface area contributed by atoms with Crippen molar-refractivity contribution in [3.8, 4) is 5.75 Å². The summed E-state index contributed by atoms with van der Waals surface area (Å²) in [5, 5.41) is 2.95. The van der Waals surface area contributed by atoms with E-state index < -0.39 is 0 Å². The van der Waals surface area contributed by atoms with E-state index in [1.54, 1.807) is 18.4 Å². The molecule has 1 heterocycles. The van der Waals surface area contributed by atoms with Crippen LogP contribution >= 0.6 is 11.3 Å². The summed E-state index contributed by atoms with van der Waals surface area (Å²) in [6, 6.07) is 8.00. The van der Waals surface area contributed by atoms with E-state index in [2.05, 4.69) is 4.98 Å². The minimum Gasteiger partial charge on any atom is -0.486 e. The average Bonchev–Trinajstić information content (AvgIpc) is 3.35. The minimum absolute atomic E-state index is 0.171. The SMILES string of the molecule is COCCN(Cc1csc(COc2cccc(C)c2)n1)C(=O)C1CCCC1.